The van der Waals surface area contributed by atoms with Gasteiger partial charge in [-0.05, 0) is 89.3 Å². The molecule has 0 aliphatic carbocycles. The molecular formula is C34H49NO9S. The first-order chi connectivity index (χ1) is 21.4. The van der Waals surface area contributed by atoms with E-state index in [-0.39, 0.29) is 11.9 Å². The van der Waals surface area contributed by atoms with E-state index in [1.165, 1.54) is 44.3 Å². The number of hydrogen-bond donors (Lipinski definition) is 2. The molecule has 0 spiro atoms. The van der Waals surface area contributed by atoms with Crippen LogP contribution in [0.15, 0.2) is 46.9 Å². The number of ether oxygens (including phenoxy) is 2. The molecule has 1 aromatic heterocycles. The number of hydrogen-bond acceptors (Lipinski definition) is 8. The van der Waals surface area contributed by atoms with Crippen LogP contribution in [0.4, 0.5) is 4.79 Å². The van der Waals surface area contributed by atoms with E-state index in [4.69, 9.17) is 31.4 Å². The van der Waals surface area contributed by atoms with Crippen LogP contribution in [0.1, 0.15) is 107 Å². The molecule has 0 saturated carbocycles. The van der Waals surface area contributed by atoms with E-state index >= 15 is 0 Å². The fourth-order valence-corrected chi connectivity index (χ4v) is 4.84. The van der Waals surface area contributed by atoms with Gasteiger partial charge in [-0.2, -0.15) is 8.42 Å². The van der Waals surface area contributed by atoms with Crippen LogP contribution in [0.3, 0.4) is 0 Å². The molecule has 3 aromatic rings. The zero-order chi connectivity index (χ0) is 33.4. The van der Waals surface area contributed by atoms with Gasteiger partial charge in [0.25, 0.3) is 0 Å². The summed E-state index contributed by atoms with van der Waals surface area (Å²) in [6.07, 6.45) is 8.56. The Bertz CT molecular complexity index is 1430. The van der Waals surface area contributed by atoms with Crippen molar-refractivity contribution in [2.75, 3.05) is 19.6 Å². The highest BCUT2D eigenvalue weighted by Gasteiger charge is 2.23. The minimum Gasteiger partial charge on any atom is -0.460 e. The lowest BCUT2D eigenvalue weighted by atomic mass is 9.97. The number of furan rings is 1. The molecule has 11 heteroatoms. The van der Waals surface area contributed by atoms with Gasteiger partial charge in [0, 0.05) is 17.4 Å². The van der Waals surface area contributed by atoms with E-state index in [0.717, 1.165) is 32.2 Å². The van der Waals surface area contributed by atoms with Gasteiger partial charge in [-0.15, -0.1) is 0 Å². The first kappa shape index (κ1) is 37.9. The molecule has 0 fully saturated rings. The van der Waals surface area contributed by atoms with Gasteiger partial charge < -0.3 is 18.8 Å². The summed E-state index contributed by atoms with van der Waals surface area (Å²) < 4.78 is 48.2. The normalized spacial score (nSPS) is 11.5. The summed E-state index contributed by atoms with van der Waals surface area (Å²) in [6, 6.07) is 13.1. The van der Waals surface area contributed by atoms with Gasteiger partial charge in [-0.1, -0.05) is 64.3 Å². The SMILES string of the molecule is CCCCc1oc2ccc(OC(=O)OC(C)C)cc2c1C(=O)c1ccc(CCCN(CCCC)CCCC)cc1.O=S(=O)(O)O. The zero-order valence-electron chi connectivity index (χ0n) is 27.2. The van der Waals surface area contributed by atoms with Crippen LogP contribution in [0, 0.1) is 0 Å². The molecule has 0 aliphatic rings. The largest absolute Gasteiger partial charge is 0.514 e. The summed E-state index contributed by atoms with van der Waals surface area (Å²) in [5.41, 5.74) is 3.01. The number of fused-ring (bicyclic) bond motifs is 1. The van der Waals surface area contributed by atoms with Gasteiger partial charge in [0.1, 0.15) is 17.1 Å². The van der Waals surface area contributed by atoms with Gasteiger partial charge in [-0.25, -0.2) is 4.79 Å². The summed E-state index contributed by atoms with van der Waals surface area (Å²) in [5.74, 6) is 0.910. The highest BCUT2D eigenvalue weighted by atomic mass is 32.3. The predicted octanol–water partition coefficient (Wildman–Crippen LogP) is 8.11. The lowest BCUT2D eigenvalue weighted by molar-refractivity contribution is 0.0729. The van der Waals surface area contributed by atoms with E-state index in [0.29, 0.717) is 40.0 Å². The van der Waals surface area contributed by atoms with Crippen LogP contribution in [-0.2, 0) is 28.0 Å². The Labute approximate surface area is 267 Å². The third-order valence-electron chi connectivity index (χ3n) is 7.06. The third-order valence-corrected chi connectivity index (χ3v) is 7.06. The van der Waals surface area contributed by atoms with E-state index in [1.54, 1.807) is 32.0 Å². The maximum atomic E-state index is 13.8. The number of benzene rings is 2. The van der Waals surface area contributed by atoms with Gasteiger partial charge in [-0.3, -0.25) is 13.9 Å². The molecule has 0 atom stereocenters. The number of unbranched alkanes of at least 4 members (excludes halogenated alkanes) is 3. The van der Waals surface area contributed by atoms with E-state index in [1.807, 2.05) is 12.1 Å². The van der Waals surface area contributed by atoms with E-state index < -0.39 is 16.6 Å². The average Bonchev–Trinajstić information content (AvgIpc) is 3.33. The lowest BCUT2D eigenvalue weighted by Gasteiger charge is -2.21. The van der Waals surface area contributed by atoms with Gasteiger partial charge >= 0.3 is 16.6 Å². The fraction of sp³-hybridized carbons (Fsp3) is 0.529. The Morgan fingerprint density at radius 3 is 1.98 bits per heavy atom. The molecule has 1 heterocycles. The first-order valence-corrected chi connectivity index (χ1v) is 17.3. The highest BCUT2D eigenvalue weighted by molar-refractivity contribution is 7.79. The van der Waals surface area contributed by atoms with Crippen LogP contribution < -0.4 is 4.74 Å². The molecule has 0 saturated heterocycles. The second kappa shape index (κ2) is 19.3. The Kier molecular flexibility index (Phi) is 16.3. The molecule has 2 N–H and O–H groups in total. The Morgan fingerprint density at radius 1 is 0.844 bits per heavy atom. The van der Waals surface area contributed by atoms with Crippen LogP contribution in [-0.4, -0.2) is 60.1 Å². The second-order valence-electron chi connectivity index (χ2n) is 11.3. The smallest absolute Gasteiger partial charge is 0.460 e. The van der Waals surface area contributed by atoms with Crippen molar-refractivity contribution in [2.45, 2.75) is 98.5 Å². The molecule has 0 unspecified atom stereocenters. The van der Waals surface area contributed by atoms with E-state index in [9.17, 15) is 9.59 Å². The predicted molar refractivity (Wildman–Crippen MR) is 176 cm³/mol. The zero-order valence-corrected chi connectivity index (χ0v) is 28.0. The van der Waals surface area contributed by atoms with Crippen molar-refractivity contribution >= 4 is 33.3 Å². The summed E-state index contributed by atoms with van der Waals surface area (Å²) >= 11 is 0. The molecule has 3 rings (SSSR count). The Balaban J connectivity index is 0.00000130. The van der Waals surface area contributed by atoms with Crippen LogP contribution in [0.2, 0.25) is 0 Å². The Morgan fingerprint density at radius 2 is 1.42 bits per heavy atom. The number of carbonyl (C=O) groups is 2. The molecule has 0 radical (unpaired) electrons. The van der Waals surface area contributed by atoms with Gasteiger partial charge in [0.15, 0.2) is 5.78 Å². The van der Waals surface area contributed by atoms with Crippen molar-refractivity contribution in [3.8, 4) is 5.75 Å². The number of ketones is 1. The first-order valence-electron chi connectivity index (χ1n) is 15.9. The highest BCUT2D eigenvalue weighted by Crippen LogP contribution is 2.32. The van der Waals surface area contributed by atoms with Crippen molar-refractivity contribution in [1.82, 2.24) is 4.90 Å². The van der Waals surface area contributed by atoms with Crippen molar-refractivity contribution < 1.29 is 41.0 Å². The molecule has 10 nitrogen and oxygen atoms in total. The lowest BCUT2D eigenvalue weighted by Crippen LogP contribution is -2.27. The van der Waals surface area contributed by atoms with Crippen LogP contribution >= 0.6 is 0 Å². The van der Waals surface area contributed by atoms with Crippen molar-refractivity contribution in [2.24, 2.45) is 0 Å². The van der Waals surface area contributed by atoms with E-state index in [2.05, 4.69) is 37.8 Å². The average molecular weight is 648 g/mol. The summed E-state index contributed by atoms with van der Waals surface area (Å²) in [7, 11) is -4.67. The standard InChI is InChI=1S/C34H47NO5.H2O4S/c1-6-9-14-31-32(29-24-28(19-20-30(29)40-31)39-34(37)38-25(4)5)33(36)27-17-15-26(16-18-27)13-12-23-35(21-10-7-2)22-11-8-3;1-5(2,3)4/h15-20,24-25H,6-14,21-23H2,1-5H3;(H2,1,2,3,4). The van der Waals surface area contributed by atoms with Crippen LogP contribution in [0.25, 0.3) is 11.0 Å². The molecule has 0 amide bonds. The quantitative estimate of drug-likeness (QED) is 0.0638. The summed E-state index contributed by atoms with van der Waals surface area (Å²) in [5, 5.41) is 0.647. The minimum absolute atomic E-state index is 0.0800. The fourth-order valence-electron chi connectivity index (χ4n) is 4.84. The molecule has 45 heavy (non-hydrogen) atoms. The van der Waals surface area contributed by atoms with Crippen molar-refractivity contribution in [3.05, 3.63) is 64.9 Å². The number of rotatable bonds is 17. The monoisotopic (exact) mass is 647 g/mol. The second-order valence-corrected chi connectivity index (χ2v) is 12.2. The Hall–Kier alpha value is -3.25. The van der Waals surface area contributed by atoms with Gasteiger partial charge in [0.2, 0.25) is 0 Å². The molecule has 0 bridgehead atoms. The molecule has 2 aromatic carbocycles. The maximum absolute atomic E-state index is 13.8. The van der Waals surface area contributed by atoms with Crippen molar-refractivity contribution in [3.63, 3.8) is 0 Å². The minimum atomic E-state index is -4.67. The molecular weight excluding hydrogens is 598 g/mol. The molecule has 0 aliphatic heterocycles. The van der Waals surface area contributed by atoms with Crippen LogP contribution in [0.5, 0.6) is 5.75 Å². The number of aryl methyl sites for hydroxylation is 2. The maximum Gasteiger partial charge on any atom is 0.514 e. The summed E-state index contributed by atoms with van der Waals surface area (Å²) in [4.78, 5) is 28.4. The third kappa shape index (κ3) is 14.2. The topological polar surface area (TPSA) is 144 Å². The van der Waals surface area contributed by atoms with Gasteiger partial charge in [0.05, 0.1) is 11.7 Å². The van der Waals surface area contributed by atoms with Crippen molar-refractivity contribution in [1.29, 1.82) is 0 Å². The summed E-state index contributed by atoms with van der Waals surface area (Å²) in [6.45, 7) is 13.6. The molecule has 250 valence electrons. The number of nitrogens with zero attached hydrogens (tertiary/aromatic N) is 1. The number of carbonyl (C=O) groups excluding carboxylic acids is 2.